The Morgan fingerprint density at radius 3 is 1.17 bits per heavy atom. The van der Waals surface area contributed by atoms with E-state index in [1.807, 2.05) is 0 Å². The van der Waals surface area contributed by atoms with Crippen molar-refractivity contribution in [1.29, 1.82) is 0 Å². The van der Waals surface area contributed by atoms with Crippen LogP contribution in [0.5, 0.6) is 0 Å². The van der Waals surface area contributed by atoms with Crippen molar-refractivity contribution in [3.8, 4) is 0 Å². The highest BCUT2D eigenvalue weighted by molar-refractivity contribution is 5.77. The fourth-order valence-electron chi connectivity index (χ4n) is 3.77. The van der Waals surface area contributed by atoms with Gasteiger partial charge in [-0.15, -0.1) is 0 Å². The normalized spacial score (nSPS) is 21.8. The lowest BCUT2D eigenvalue weighted by Gasteiger charge is -2.21. The standard InChI is InChI=1S/C20H34O4/c21-19(23-17-11-7-3-1-4-8-12-17)15-16-20(22)24-18-13-9-5-2-6-10-14-18/h17-18H,1-16H2. The molecule has 0 spiro atoms. The minimum Gasteiger partial charge on any atom is -0.462 e. The monoisotopic (exact) mass is 338 g/mol. The van der Waals surface area contributed by atoms with Gasteiger partial charge >= 0.3 is 11.9 Å². The molecule has 2 saturated carbocycles. The molecule has 0 radical (unpaired) electrons. The van der Waals surface area contributed by atoms with E-state index >= 15 is 0 Å². The molecule has 0 heterocycles. The van der Waals surface area contributed by atoms with Crippen molar-refractivity contribution in [2.75, 3.05) is 0 Å². The predicted molar refractivity (Wildman–Crippen MR) is 93.6 cm³/mol. The fourth-order valence-corrected chi connectivity index (χ4v) is 3.77. The highest BCUT2D eigenvalue weighted by Crippen LogP contribution is 2.21. The number of hydrogen-bond donors (Lipinski definition) is 0. The van der Waals surface area contributed by atoms with Crippen LogP contribution in [0.25, 0.3) is 0 Å². The summed E-state index contributed by atoms with van der Waals surface area (Å²) in [6.45, 7) is 0. The summed E-state index contributed by atoms with van der Waals surface area (Å²) < 4.78 is 11.1. The molecule has 138 valence electrons. The van der Waals surface area contributed by atoms with Gasteiger partial charge in [0.05, 0.1) is 12.8 Å². The third-order valence-electron chi connectivity index (χ3n) is 5.23. The van der Waals surface area contributed by atoms with E-state index in [2.05, 4.69) is 0 Å². The summed E-state index contributed by atoms with van der Waals surface area (Å²) in [6.07, 6.45) is 16.4. The first-order valence-electron chi connectivity index (χ1n) is 10.1. The van der Waals surface area contributed by atoms with Crippen molar-refractivity contribution in [2.45, 2.75) is 115 Å². The Morgan fingerprint density at radius 1 is 0.542 bits per heavy atom. The number of carbonyl (C=O) groups excluding carboxylic acids is 2. The van der Waals surface area contributed by atoms with E-state index in [4.69, 9.17) is 9.47 Å². The molecule has 0 saturated heterocycles. The average Bonchev–Trinajstić information content (AvgIpc) is 2.50. The van der Waals surface area contributed by atoms with Gasteiger partial charge in [-0.3, -0.25) is 9.59 Å². The van der Waals surface area contributed by atoms with Crippen molar-refractivity contribution in [3.63, 3.8) is 0 Å². The molecule has 2 rings (SSSR count). The van der Waals surface area contributed by atoms with E-state index in [1.165, 1.54) is 38.5 Å². The fraction of sp³-hybridized carbons (Fsp3) is 0.900. The van der Waals surface area contributed by atoms with E-state index in [1.54, 1.807) is 0 Å². The molecule has 0 aromatic rings. The maximum absolute atomic E-state index is 12.0. The first-order valence-corrected chi connectivity index (χ1v) is 10.1. The highest BCUT2D eigenvalue weighted by atomic mass is 16.5. The molecule has 4 heteroatoms. The number of rotatable bonds is 5. The maximum atomic E-state index is 12.0. The first kappa shape index (κ1) is 19.3. The molecule has 0 bridgehead atoms. The van der Waals surface area contributed by atoms with Crippen LogP contribution in [0.15, 0.2) is 0 Å². The van der Waals surface area contributed by atoms with E-state index in [0.29, 0.717) is 0 Å². The van der Waals surface area contributed by atoms with Crippen molar-refractivity contribution in [1.82, 2.24) is 0 Å². The molecule has 4 nitrogen and oxygen atoms in total. The lowest BCUT2D eigenvalue weighted by atomic mass is 9.98. The third kappa shape index (κ3) is 8.16. The van der Waals surface area contributed by atoms with Gasteiger partial charge in [-0.05, 0) is 51.4 Å². The zero-order valence-corrected chi connectivity index (χ0v) is 15.1. The van der Waals surface area contributed by atoms with Crippen LogP contribution in [0.1, 0.15) is 103 Å². The van der Waals surface area contributed by atoms with Gasteiger partial charge in [0.2, 0.25) is 0 Å². The Hall–Kier alpha value is -1.06. The number of esters is 2. The summed E-state index contributed by atoms with van der Waals surface area (Å²) in [5.41, 5.74) is 0. The van der Waals surface area contributed by atoms with Crippen molar-refractivity contribution in [2.24, 2.45) is 0 Å². The zero-order valence-electron chi connectivity index (χ0n) is 15.1. The Kier molecular flexibility index (Phi) is 9.22. The second-order valence-electron chi connectivity index (χ2n) is 7.41. The van der Waals surface area contributed by atoms with Crippen LogP contribution in [0.3, 0.4) is 0 Å². The van der Waals surface area contributed by atoms with Crippen molar-refractivity contribution in [3.05, 3.63) is 0 Å². The second-order valence-corrected chi connectivity index (χ2v) is 7.41. The van der Waals surface area contributed by atoms with Crippen LogP contribution in [0.4, 0.5) is 0 Å². The van der Waals surface area contributed by atoms with Crippen LogP contribution in [-0.2, 0) is 19.1 Å². The molecule has 0 unspecified atom stereocenters. The molecule has 0 atom stereocenters. The Labute approximate surface area is 146 Å². The first-order chi connectivity index (χ1) is 11.7. The predicted octanol–water partition coefficient (Wildman–Crippen LogP) is 5.08. The Balaban J connectivity index is 1.61. The molecule has 0 N–H and O–H groups in total. The van der Waals surface area contributed by atoms with Crippen LogP contribution >= 0.6 is 0 Å². The van der Waals surface area contributed by atoms with Crippen molar-refractivity contribution >= 4 is 11.9 Å². The summed E-state index contributed by atoms with van der Waals surface area (Å²) in [5, 5.41) is 0. The van der Waals surface area contributed by atoms with Gasteiger partial charge in [-0.1, -0.05) is 38.5 Å². The van der Waals surface area contributed by atoms with Gasteiger partial charge < -0.3 is 9.47 Å². The zero-order chi connectivity index (χ0) is 17.0. The minimum atomic E-state index is -0.241. The average molecular weight is 338 g/mol. The van der Waals surface area contributed by atoms with E-state index < -0.39 is 0 Å². The molecular formula is C20H34O4. The molecule has 2 aliphatic carbocycles. The van der Waals surface area contributed by atoms with Gasteiger partial charge in [0, 0.05) is 0 Å². The molecule has 2 aliphatic rings. The lowest BCUT2D eigenvalue weighted by molar-refractivity contribution is -0.157. The number of carbonyl (C=O) groups is 2. The lowest BCUT2D eigenvalue weighted by Crippen LogP contribution is -2.22. The van der Waals surface area contributed by atoms with Crippen molar-refractivity contribution < 1.29 is 19.1 Å². The maximum Gasteiger partial charge on any atom is 0.306 e. The summed E-state index contributed by atoms with van der Waals surface area (Å²) >= 11 is 0. The summed E-state index contributed by atoms with van der Waals surface area (Å²) in [4.78, 5) is 24.0. The number of hydrogen-bond acceptors (Lipinski definition) is 4. The largest absolute Gasteiger partial charge is 0.462 e. The van der Waals surface area contributed by atoms with Crippen LogP contribution in [0.2, 0.25) is 0 Å². The van der Waals surface area contributed by atoms with Gasteiger partial charge in [0.25, 0.3) is 0 Å². The van der Waals surface area contributed by atoms with Gasteiger partial charge in [0.15, 0.2) is 0 Å². The summed E-state index contributed by atoms with van der Waals surface area (Å²) in [6, 6.07) is 0. The van der Waals surface area contributed by atoms with Crippen LogP contribution in [-0.4, -0.2) is 24.1 Å². The van der Waals surface area contributed by atoms with E-state index in [0.717, 1.165) is 51.4 Å². The Morgan fingerprint density at radius 2 is 0.833 bits per heavy atom. The molecular weight excluding hydrogens is 304 g/mol. The quantitative estimate of drug-likeness (QED) is 0.656. The highest BCUT2D eigenvalue weighted by Gasteiger charge is 2.19. The third-order valence-corrected chi connectivity index (χ3v) is 5.23. The van der Waals surface area contributed by atoms with Crippen LogP contribution < -0.4 is 0 Å². The second kappa shape index (κ2) is 11.5. The Bertz CT molecular complexity index is 328. The number of ether oxygens (including phenoxy) is 2. The topological polar surface area (TPSA) is 52.6 Å². The molecule has 0 aliphatic heterocycles. The van der Waals surface area contributed by atoms with Gasteiger partial charge in [-0.2, -0.15) is 0 Å². The molecule has 2 fully saturated rings. The summed E-state index contributed by atoms with van der Waals surface area (Å²) in [7, 11) is 0. The molecule has 0 aromatic heterocycles. The summed E-state index contributed by atoms with van der Waals surface area (Å²) in [5.74, 6) is -0.481. The van der Waals surface area contributed by atoms with Crippen LogP contribution in [0, 0.1) is 0 Å². The smallest absolute Gasteiger partial charge is 0.306 e. The van der Waals surface area contributed by atoms with Gasteiger partial charge in [0.1, 0.15) is 12.2 Å². The molecule has 0 amide bonds. The minimum absolute atomic E-state index is 0.0550. The van der Waals surface area contributed by atoms with E-state index in [9.17, 15) is 9.59 Å². The molecule has 24 heavy (non-hydrogen) atoms. The molecule has 0 aromatic carbocycles. The van der Waals surface area contributed by atoms with E-state index in [-0.39, 0.29) is 37.0 Å². The van der Waals surface area contributed by atoms with Gasteiger partial charge in [-0.25, -0.2) is 0 Å². The SMILES string of the molecule is O=C(CCC(=O)OC1CCCCCCC1)OC1CCCCCCC1.